The second-order valence-corrected chi connectivity index (χ2v) is 5.60. The quantitative estimate of drug-likeness (QED) is 0.860. The number of hydrogen-bond donors (Lipinski definition) is 1. The molecule has 0 atom stereocenters. The monoisotopic (exact) mass is 281 g/mol. The highest BCUT2D eigenvalue weighted by Crippen LogP contribution is 2.32. The summed E-state index contributed by atoms with van der Waals surface area (Å²) in [7, 11) is 3.48. The van der Waals surface area contributed by atoms with Crippen LogP contribution in [0.2, 0.25) is 0 Å². The van der Waals surface area contributed by atoms with Gasteiger partial charge in [-0.05, 0) is 29.3 Å². The van der Waals surface area contributed by atoms with Crippen LogP contribution in [0.1, 0.15) is 21.5 Å². The highest BCUT2D eigenvalue weighted by Gasteiger charge is 2.21. The normalized spacial score (nSPS) is 13.1. The summed E-state index contributed by atoms with van der Waals surface area (Å²) in [6, 6.07) is 14.0. The summed E-state index contributed by atoms with van der Waals surface area (Å²) >= 11 is 0. The first-order chi connectivity index (χ1) is 10.1. The average molecular weight is 281 g/mol. The first-order valence-electron chi connectivity index (χ1n) is 6.99. The molecule has 4 heteroatoms. The van der Waals surface area contributed by atoms with Crippen molar-refractivity contribution in [1.82, 2.24) is 4.90 Å². The summed E-state index contributed by atoms with van der Waals surface area (Å²) in [5, 5.41) is 0. The standard InChI is InChI=1S/C17H19N3O/c1-19(2)17(21)12-7-8-16(15(18)9-12)20-10-13-5-3-4-6-14(13)11-20/h3-9H,10-11,18H2,1-2H3. The smallest absolute Gasteiger partial charge is 0.253 e. The molecule has 0 spiro atoms. The molecule has 0 saturated carbocycles. The van der Waals surface area contributed by atoms with E-state index in [4.69, 9.17) is 5.73 Å². The molecule has 0 unspecified atom stereocenters. The highest BCUT2D eigenvalue weighted by molar-refractivity contribution is 5.95. The molecular weight excluding hydrogens is 262 g/mol. The molecule has 0 radical (unpaired) electrons. The second kappa shape index (κ2) is 5.13. The van der Waals surface area contributed by atoms with Crippen LogP contribution in [-0.4, -0.2) is 24.9 Å². The van der Waals surface area contributed by atoms with Gasteiger partial charge in [0.25, 0.3) is 5.91 Å². The van der Waals surface area contributed by atoms with E-state index in [0.29, 0.717) is 11.3 Å². The fraction of sp³-hybridized carbons (Fsp3) is 0.235. The van der Waals surface area contributed by atoms with Crippen LogP contribution in [-0.2, 0) is 13.1 Å². The number of nitrogens with zero attached hydrogens (tertiary/aromatic N) is 2. The van der Waals surface area contributed by atoms with Crippen LogP contribution in [0.4, 0.5) is 11.4 Å². The van der Waals surface area contributed by atoms with E-state index in [-0.39, 0.29) is 5.91 Å². The molecule has 0 bridgehead atoms. The van der Waals surface area contributed by atoms with Crippen molar-refractivity contribution in [3.8, 4) is 0 Å². The SMILES string of the molecule is CN(C)C(=O)c1ccc(N2Cc3ccccc3C2)c(N)c1. The van der Waals surface area contributed by atoms with E-state index < -0.39 is 0 Å². The Hall–Kier alpha value is -2.49. The Kier molecular flexibility index (Phi) is 3.29. The number of benzene rings is 2. The van der Waals surface area contributed by atoms with Gasteiger partial charge >= 0.3 is 0 Å². The molecule has 0 saturated heterocycles. The minimum atomic E-state index is -0.0297. The van der Waals surface area contributed by atoms with Crippen LogP contribution >= 0.6 is 0 Å². The van der Waals surface area contributed by atoms with Crippen LogP contribution in [0, 0.1) is 0 Å². The minimum Gasteiger partial charge on any atom is -0.397 e. The molecule has 0 aromatic heterocycles. The number of rotatable bonds is 2. The number of nitrogens with two attached hydrogens (primary N) is 1. The topological polar surface area (TPSA) is 49.6 Å². The van der Waals surface area contributed by atoms with E-state index in [2.05, 4.69) is 29.2 Å². The molecule has 1 aliphatic heterocycles. The van der Waals surface area contributed by atoms with Gasteiger partial charge in [-0.2, -0.15) is 0 Å². The summed E-state index contributed by atoms with van der Waals surface area (Å²) in [5.74, 6) is -0.0297. The molecule has 0 aliphatic carbocycles. The van der Waals surface area contributed by atoms with Crippen molar-refractivity contribution in [3.63, 3.8) is 0 Å². The van der Waals surface area contributed by atoms with Crippen molar-refractivity contribution in [2.45, 2.75) is 13.1 Å². The summed E-state index contributed by atoms with van der Waals surface area (Å²) in [4.78, 5) is 15.8. The third-order valence-corrected chi connectivity index (χ3v) is 3.86. The predicted molar refractivity (Wildman–Crippen MR) is 85.2 cm³/mol. The molecule has 2 aromatic rings. The van der Waals surface area contributed by atoms with Gasteiger partial charge in [0, 0.05) is 32.7 Å². The molecule has 2 aromatic carbocycles. The van der Waals surface area contributed by atoms with Gasteiger partial charge in [-0.3, -0.25) is 4.79 Å². The van der Waals surface area contributed by atoms with E-state index >= 15 is 0 Å². The zero-order valence-electron chi connectivity index (χ0n) is 12.3. The highest BCUT2D eigenvalue weighted by atomic mass is 16.2. The molecule has 1 heterocycles. The van der Waals surface area contributed by atoms with E-state index in [9.17, 15) is 4.79 Å². The molecule has 108 valence electrons. The molecule has 4 nitrogen and oxygen atoms in total. The van der Waals surface area contributed by atoms with Crippen LogP contribution in [0.5, 0.6) is 0 Å². The van der Waals surface area contributed by atoms with Crippen molar-refractivity contribution in [3.05, 3.63) is 59.2 Å². The van der Waals surface area contributed by atoms with Crippen molar-refractivity contribution in [2.24, 2.45) is 0 Å². The van der Waals surface area contributed by atoms with Crippen molar-refractivity contribution in [2.75, 3.05) is 24.7 Å². The molecular formula is C17H19N3O. The Bertz CT molecular complexity index is 669. The first kappa shape index (κ1) is 13.5. The molecule has 2 N–H and O–H groups in total. The van der Waals surface area contributed by atoms with Crippen LogP contribution in [0.25, 0.3) is 0 Å². The largest absolute Gasteiger partial charge is 0.397 e. The van der Waals surface area contributed by atoms with Gasteiger partial charge in [0.2, 0.25) is 0 Å². The maximum atomic E-state index is 12.0. The summed E-state index contributed by atoms with van der Waals surface area (Å²) in [6.07, 6.45) is 0. The fourth-order valence-electron chi connectivity index (χ4n) is 2.74. The fourth-order valence-corrected chi connectivity index (χ4v) is 2.74. The number of amides is 1. The average Bonchev–Trinajstić information content (AvgIpc) is 2.89. The summed E-state index contributed by atoms with van der Waals surface area (Å²) < 4.78 is 0. The third-order valence-electron chi connectivity index (χ3n) is 3.86. The Morgan fingerprint density at radius 3 is 2.24 bits per heavy atom. The minimum absolute atomic E-state index is 0.0297. The van der Waals surface area contributed by atoms with Crippen LogP contribution in [0.15, 0.2) is 42.5 Å². The van der Waals surface area contributed by atoms with Gasteiger partial charge in [0.05, 0.1) is 11.4 Å². The van der Waals surface area contributed by atoms with Gasteiger partial charge in [-0.25, -0.2) is 0 Å². The molecule has 3 rings (SSSR count). The number of hydrogen-bond acceptors (Lipinski definition) is 3. The lowest BCUT2D eigenvalue weighted by atomic mass is 10.1. The maximum absolute atomic E-state index is 12.0. The zero-order chi connectivity index (χ0) is 15.0. The molecule has 21 heavy (non-hydrogen) atoms. The van der Waals surface area contributed by atoms with Gasteiger partial charge in [-0.15, -0.1) is 0 Å². The first-order valence-corrected chi connectivity index (χ1v) is 6.99. The Labute approximate surface area is 124 Å². The number of carbonyl (C=O) groups is 1. The predicted octanol–water partition coefficient (Wildman–Crippen LogP) is 2.49. The Morgan fingerprint density at radius 2 is 1.71 bits per heavy atom. The van der Waals surface area contributed by atoms with Gasteiger partial charge in [0.15, 0.2) is 0 Å². The zero-order valence-corrected chi connectivity index (χ0v) is 12.3. The number of nitrogen functional groups attached to an aromatic ring is 1. The van der Waals surface area contributed by atoms with E-state index in [1.807, 2.05) is 12.1 Å². The van der Waals surface area contributed by atoms with E-state index in [0.717, 1.165) is 18.8 Å². The molecule has 0 fully saturated rings. The van der Waals surface area contributed by atoms with E-state index in [1.54, 1.807) is 25.1 Å². The summed E-state index contributed by atoms with van der Waals surface area (Å²) in [6.45, 7) is 1.72. The van der Waals surface area contributed by atoms with Gasteiger partial charge in [0.1, 0.15) is 0 Å². The number of anilines is 2. The Morgan fingerprint density at radius 1 is 1.10 bits per heavy atom. The van der Waals surface area contributed by atoms with Crippen molar-refractivity contribution < 1.29 is 4.79 Å². The van der Waals surface area contributed by atoms with Gasteiger partial charge < -0.3 is 15.5 Å². The summed E-state index contributed by atoms with van der Waals surface area (Å²) in [5.41, 5.74) is 11.1. The lowest BCUT2D eigenvalue weighted by Crippen LogP contribution is -2.22. The second-order valence-electron chi connectivity index (χ2n) is 5.60. The van der Waals surface area contributed by atoms with Gasteiger partial charge in [-0.1, -0.05) is 24.3 Å². The molecule has 1 aliphatic rings. The Balaban J connectivity index is 1.87. The third kappa shape index (κ3) is 2.44. The van der Waals surface area contributed by atoms with Crippen LogP contribution < -0.4 is 10.6 Å². The number of carbonyl (C=O) groups excluding carboxylic acids is 1. The maximum Gasteiger partial charge on any atom is 0.253 e. The molecule has 1 amide bonds. The van der Waals surface area contributed by atoms with Crippen LogP contribution in [0.3, 0.4) is 0 Å². The van der Waals surface area contributed by atoms with Crippen molar-refractivity contribution >= 4 is 17.3 Å². The van der Waals surface area contributed by atoms with E-state index in [1.165, 1.54) is 11.1 Å². The lowest BCUT2D eigenvalue weighted by molar-refractivity contribution is 0.0827. The van der Waals surface area contributed by atoms with Crippen molar-refractivity contribution in [1.29, 1.82) is 0 Å². The number of fused-ring (bicyclic) bond motifs is 1. The lowest BCUT2D eigenvalue weighted by Gasteiger charge is -2.21.